The first-order chi connectivity index (χ1) is 9.82. The van der Waals surface area contributed by atoms with Crippen molar-refractivity contribution in [2.45, 2.75) is 12.8 Å². The summed E-state index contributed by atoms with van der Waals surface area (Å²) in [5.41, 5.74) is 0.467. The highest BCUT2D eigenvalue weighted by molar-refractivity contribution is 7.92. The molecule has 21 heavy (non-hydrogen) atoms. The molecule has 1 amide bonds. The molecule has 1 aromatic rings. The number of carbonyl (C=O) groups excluding carboxylic acids is 2. The van der Waals surface area contributed by atoms with Gasteiger partial charge in [-0.2, -0.15) is 0 Å². The summed E-state index contributed by atoms with van der Waals surface area (Å²) in [6.45, 7) is 0. The molecule has 0 heterocycles. The van der Waals surface area contributed by atoms with Crippen LogP contribution in [0.4, 0.5) is 5.69 Å². The molecule has 0 saturated heterocycles. The van der Waals surface area contributed by atoms with Gasteiger partial charge in [0.1, 0.15) is 5.75 Å². The molecule has 0 atom stereocenters. The van der Waals surface area contributed by atoms with Crippen LogP contribution in [0.2, 0.25) is 5.02 Å². The standard InChI is InChI=1S/C13H16ClNO5S/c1-20-13(17)3-2-8-21(18,19)9-12(16)15-11-6-4-10(14)5-7-11/h4-7H,2-3,8-9H2,1H3,(H,15,16). The number of hydrogen-bond donors (Lipinski definition) is 1. The minimum Gasteiger partial charge on any atom is -0.469 e. The molecule has 0 aromatic heterocycles. The largest absolute Gasteiger partial charge is 0.469 e. The van der Waals surface area contributed by atoms with Gasteiger partial charge in [0.25, 0.3) is 0 Å². The molecule has 116 valence electrons. The molecular formula is C13H16ClNO5S. The minimum atomic E-state index is -3.56. The summed E-state index contributed by atoms with van der Waals surface area (Å²) in [6, 6.07) is 6.32. The van der Waals surface area contributed by atoms with Crippen molar-refractivity contribution in [3.63, 3.8) is 0 Å². The molecule has 0 radical (unpaired) electrons. The Morgan fingerprint density at radius 2 is 1.86 bits per heavy atom. The number of carbonyl (C=O) groups is 2. The minimum absolute atomic E-state index is 0.00847. The maximum absolute atomic E-state index is 11.7. The fraction of sp³-hybridized carbons (Fsp3) is 0.385. The summed E-state index contributed by atoms with van der Waals surface area (Å²) in [4.78, 5) is 22.5. The molecule has 6 nitrogen and oxygen atoms in total. The zero-order valence-electron chi connectivity index (χ0n) is 11.5. The average Bonchev–Trinajstić information content (AvgIpc) is 2.40. The van der Waals surface area contributed by atoms with Gasteiger partial charge in [-0.15, -0.1) is 0 Å². The quantitative estimate of drug-likeness (QED) is 0.766. The van der Waals surface area contributed by atoms with Gasteiger partial charge in [0.15, 0.2) is 9.84 Å². The van der Waals surface area contributed by atoms with Crippen molar-refractivity contribution in [2.75, 3.05) is 23.9 Å². The number of methoxy groups -OCH3 is 1. The first-order valence-electron chi connectivity index (χ1n) is 6.15. The second kappa shape index (κ2) is 7.99. The van der Waals surface area contributed by atoms with Crippen LogP contribution in [0.3, 0.4) is 0 Å². The fourth-order valence-electron chi connectivity index (χ4n) is 1.54. The van der Waals surface area contributed by atoms with Crippen molar-refractivity contribution in [1.29, 1.82) is 0 Å². The van der Waals surface area contributed by atoms with Crippen molar-refractivity contribution >= 4 is 39.0 Å². The van der Waals surface area contributed by atoms with Crippen LogP contribution >= 0.6 is 11.6 Å². The van der Waals surface area contributed by atoms with Gasteiger partial charge in [0.05, 0.1) is 12.9 Å². The van der Waals surface area contributed by atoms with E-state index in [1.807, 2.05) is 0 Å². The summed E-state index contributed by atoms with van der Waals surface area (Å²) >= 11 is 5.70. The highest BCUT2D eigenvalue weighted by Gasteiger charge is 2.17. The van der Waals surface area contributed by atoms with Crippen LogP contribution in [-0.4, -0.2) is 38.9 Å². The van der Waals surface area contributed by atoms with E-state index in [1.54, 1.807) is 24.3 Å². The monoisotopic (exact) mass is 333 g/mol. The zero-order chi connectivity index (χ0) is 15.9. The van der Waals surface area contributed by atoms with Crippen molar-refractivity contribution in [3.8, 4) is 0 Å². The third kappa shape index (κ3) is 7.10. The summed E-state index contributed by atoms with van der Waals surface area (Å²) in [5.74, 6) is -1.97. The number of nitrogens with one attached hydrogen (secondary N) is 1. The molecule has 0 bridgehead atoms. The van der Waals surface area contributed by atoms with Gasteiger partial charge >= 0.3 is 5.97 Å². The van der Waals surface area contributed by atoms with Crippen LogP contribution < -0.4 is 5.32 Å². The molecule has 0 aliphatic carbocycles. The van der Waals surface area contributed by atoms with Crippen molar-refractivity contribution < 1.29 is 22.7 Å². The molecule has 0 fully saturated rings. The van der Waals surface area contributed by atoms with E-state index in [-0.39, 0.29) is 18.6 Å². The maximum atomic E-state index is 11.7. The van der Waals surface area contributed by atoms with Gasteiger partial charge in [-0.3, -0.25) is 9.59 Å². The van der Waals surface area contributed by atoms with E-state index in [0.29, 0.717) is 10.7 Å². The lowest BCUT2D eigenvalue weighted by atomic mass is 10.3. The Balaban J connectivity index is 2.45. The number of ether oxygens (including phenoxy) is 1. The van der Waals surface area contributed by atoms with Gasteiger partial charge in [-0.05, 0) is 30.7 Å². The van der Waals surface area contributed by atoms with E-state index in [9.17, 15) is 18.0 Å². The van der Waals surface area contributed by atoms with E-state index in [4.69, 9.17) is 11.6 Å². The number of rotatable bonds is 7. The Bertz CT molecular complexity index is 597. The second-order valence-electron chi connectivity index (χ2n) is 4.33. The lowest BCUT2D eigenvalue weighted by Crippen LogP contribution is -2.25. The van der Waals surface area contributed by atoms with Gasteiger partial charge in [-0.1, -0.05) is 11.6 Å². The molecule has 0 aliphatic rings. The van der Waals surface area contributed by atoms with Crippen molar-refractivity contribution in [1.82, 2.24) is 0 Å². The first kappa shape index (κ1) is 17.5. The number of sulfone groups is 1. The van der Waals surface area contributed by atoms with Gasteiger partial charge < -0.3 is 10.1 Å². The summed E-state index contributed by atoms with van der Waals surface area (Å²) in [6.07, 6.45) is 0.137. The second-order valence-corrected chi connectivity index (χ2v) is 6.95. The third-order valence-corrected chi connectivity index (χ3v) is 4.41. The number of anilines is 1. The smallest absolute Gasteiger partial charge is 0.305 e. The predicted octanol–water partition coefficient (Wildman–Crippen LogP) is 1.65. The highest BCUT2D eigenvalue weighted by Crippen LogP contribution is 2.13. The average molecular weight is 334 g/mol. The zero-order valence-corrected chi connectivity index (χ0v) is 13.0. The molecule has 0 unspecified atom stereocenters. The summed E-state index contributed by atoms with van der Waals surface area (Å²) < 4.78 is 27.9. The van der Waals surface area contributed by atoms with Crippen LogP contribution in [-0.2, 0) is 24.2 Å². The number of halogens is 1. The number of hydrogen-bond acceptors (Lipinski definition) is 5. The molecule has 1 N–H and O–H groups in total. The third-order valence-electron chi connectivity index (χ3n) is 2.54. The topological polar surface area (TPSA) is 89.5 Å². The number of amides is 1. The predicted molar refractivity (Wildman–Crippen MR) is 80.0 cm³/mol. The van der Waals surface area contributed by atoms with E-state index in [0.717, 1.165) is 0 Å². The molecule has 0 spiro atoms. The SMILES string of the molecule is COC(=O)CCCS(=O)(=O)CC(=O)Nc1ccc(Cl)cc1. The van der Waals surface area contributed by atoms with E-state index < -0.39 is 27.5 Å². The number of esters is 1. The Hall–Kier alpha value is -1.60. The van der Waals surface area contributed by atoms with Gasteiger partial charge in [0, 0.05) is 17.1 Å². The molecular weight excluding hydrogens is 318 g/mol. The fourth-order valence-corrected chi connectivity index (χ4v) is 2.87. The van der Waals surface area contributed by atoms with Crippen LogP contribution in [0.1, 0.15) is 12.8 Å². The van der Waals surface area contributed by atoms with E-state index >= 15 is 0 Å². The number of benzene rings is 1. The molecule has 8 heteroatoms. The van der Waals surface area contributed by atoms with Crippen LogP contribution in [0.15, 0.2) is 24.3 Å². The summed E-state index contributed by atoms with van der Waals surface area (Å²) in [5, 5.41) is 2.98. The van der Waals surface area contributed by atoms with E-state index in [2.05, 4.69) is 10.1 Å². The van der Waals surface area contributed by atoms with Crippen LogP contribution in [0, 0.1) is 0 Å². The van der Waals surface area contributed by atoms with Crippen LogP contribution in [0.25, 0.3) is 0 Å². The highest BCUT2D eigenvalue weighted by atomic mass is 35.5. The van der Waals surface area contributed by atoms with Gasteiger partial charge in [-0.25, -0.2) is 8.42 Å². The lowest BCUT2D eigenvalue weighted by molar-refractivity contribution is -0.140. The summed E-state index contributed by atoms with van der Waals surface area (Å²) in [7, 11) is -2.33. The molecule has 0 aliphatic heterocycles. The lowest BCUT2D eigenvalue weighted by Gasteiger charge is -2.06. The van der Waals surface area contributed by atoms with Crippen molar-refractivity contribution in [3.05, 3.63) is 29.3 Å². The Labute approximate surface area is 128 Å². The van der Waals surface area contributed by atoms with Crippen LogP contribution in [0.5, 0.6) is 0 Å². The maximum Gasteiger partial charge on any atom is 0.305 e. The van der Waals surface area contributed by atoms with Gasteiger partial charge in [0.2, 0.25) is 5.91 Å². The Morgan fingerprint density at radius 3 is 2.43 bits per heavy atom. The van der Waals surface area contributed by atoms with Crippen molar-refractivity contribution in [2.24, 2.45) is 0 Å². The first-order valence-corrected chi connectivity index (χ1v) is 8.35. The Morgan fingerprint density at radius 1 is 1.24 bits per heavy atom. The molecule has 0 saturated carbocycles. The van der Waals surface area contributed by atoms with E-state index in [1.165, 1.54) is 7.11 Å². The molecule has 1 aromatic carbocycles. The normalized spacial score (nSPS) is 11.0. The molecule has 1 rings (SSSR count). The Kier molecular flexibility index (Phi) is 6.64.